The third-order valence-electron chi connectivity index (χ3n) is 6.56. The Morgan fingerprint density at radius 2 is 1.52 bits per heavy atom. The van der Waals surface area contributed by atoms with Crippen molar-refractivity contribution >= 4 is 0 Å². The summed E-state index contributed by atoms with van der Waals surface area (Å²) in [6, 6.07) is 0. The van der Waals surface area contributed by atoms with Crippen LogP contribution in [0.15, 0.2) is 11.6 Å². The van der Waals surface area contributed by atoms with Crippen LogP contribution in [-0.4, -0.2) is 0 Å². The maximum absolute atomic E-state index is 2.69. The molecule has 0 aromatic carbocycles. The van der Waals surface area contributed by atoms with Gasteiger partial charge in [0.25, 0.3) is 0 Å². The van der Waals surface area contributed by atoms with Gasteiger partial charge in [0, 0.05) is 0 Å². The molecule has 0 aromatic heterocycles. The summed E-state index contributed by atoms with van der Waals surface area (Å²) in [4.78, 5) is 0. The van der Waals surface area contributed by atoms with Crippen LogP contribution in [0.25, 0.3) is 0 Å². The highest BCUT2D eigenvalue weighted by molar-refractivity contribution is 5.17. The van der Waals surface area contributed by atoms with Crippen LogP contribution in [0.5, 0.6) is 0 Å². The van der Waals surface area contributed by atoms with E-state index in [2.05, 4.69) is 6.08 Å². The number of hydrogen-bond donors (Lipinski definition) is 0. The van der Waals surface area contributed by atoms with E-state index in [1.54, 1.807) is 32.1 Å². The van der Waals surface area contributed by atoms with E-state index in [-0.39, 0.29) is 0 Å². The van der Waals surface area contributed by atoms with E-state index >= 15 is 0 Å². The van der Waals surface area contributed by atoms with Gasteiger partial charge in [-0.15, -0.1) is 0 Å². The van der Waals surface area contributed by atoms with Crippen LogP contribution in [0.2, 0.25) is 0 Å². The molecule has 0 aromatic rings. The number of hydrogen-bond acceptors (Lipinski definition) is 0. The molecular formula is C21H38. The molecule has 4 aliphatic rings. The van der Waals surface area contributed by atoms with Crippen LogP contribution in [0.1, 0.15) is 91.9 Å². The summed E-state index contributed by atoms with van der Waals surface area (Å²) in [5, 5.41) is 0. The van der Waals surface area contributed by atoms with Crippen LogP contribution >= 0.6 is 0 Å². The van der Waals surface area contributed by atoms with Gasteiger partial charge in [-0.25, -0.2) is 0 Å². The average molecular weight is 291 g/mol. The van der Waals surface area contributed by atoms with Gasteiger partial charge in [-0.1, -0.05) is 58.6 Å². The maximum Gasteiger partial charge on any atom is -0.0172 e. The van der Waals surface area contributed by atoms with Crippen LogP contribution in [0.3, 0.4) is 0 Å². The highest BCUT2D eigenvalue weighted by Crippen LogP contribution is 2.56. The molecule has 4 aliphatic carbocycles. The second-order valence-corrected chi connectivity index (χ2v) is 7.13. The Morgan fingerprint density at radius 3 is 2.33 bits per heavy atom. The van der Waals surface area contributed by atoms with Gasteiger partial charge >= 0.3 is 0 Å². The number of rotatable bonds is 0. The van der Waals surface area contributed by atoms with Crippen LogP contribution in [0.4, 0.5) is 0 Å². The molecule has 3 saturated carbocycles. The molecule has 0 spiro atoms. The normalized spacial score (nSPS) is 40.2. The van der Waals surface area contributed by atoms with E-state index in [9.17, 15) is 0 Å². The zero-order chi connectivity index (χ0) is 15.2. The molecule has 0 nitrogen and oxygen atoms in total. The van der Waals surface area contributed by atoms with Gasteiger partial charge in [0.1, 0.15) is 0 Å². The van der Waals surface area contributed by atoms with Crippen molar-refractivity contribution < 1.29 is 0 Å². The zero-order valence-electron chi connectivity index (χ0n) is 15.0. The standard InChI is InChI=1S/C17H26.2C2H6/c1-2-6-14-12(4-1)8-10-17-15-7-3-5-13(15)9-11-16(14)17;2*1-2/h8,13-17H,1-7,9-11H2;2*1-2H3. The Labute approximate surface area is 133 Å². The molecule has 21 heavy (non-hydrogen) atoms. The quantitative estimate of drug-likeness (QED) is 0.421. The van der Waals surface area contributed by atoms with E-state index in [4.69, 9.17) is 0 Å². The summed E-state index contributed by atoms with van der Waals surface area (Å²) in [5.41, 5.74) is 1.88. The fourth-order valence-electron chi connectivity index (χ4n) is 5.87. The SMILES string of the molecule is C1=C2CCCCC2C2CCC3CCCC3C2C1.CC.CC. The molecule has 4 rings (SSSR count). The number of fused-ring (bicyclic) bond motifs is 5. The van der Waals surface area contributed by atoms with E-state index < -0.39 is 0 Å². The highest BCUT2D eigenvalue weighted by Gasteiger charge is 2.46. The van der Waals surface area contributed by atoms with Crippen molar-refractivity contribution in [3.05, 3.63) is 11.6 Å². The van der Waals surface area contributed by atoms with Crippen molar-refractivity contribution in [2.75, 3.05) is 0 Å². The molecule has 0 heteroatoms. The number of allylic oxidation sites excluding steroid dienone is 2. The van der Waals surface area contributed by atoms with Gasteiger partial charge in [0.05, 0.1) is 0 Å². The molecule has 5 unspecified atom stereocenters. The third-order valence-corrected chi connectivity index (χ3v) is 6.56. The Hall–Kier alpha value is -0.260. The summed E-state index contributed by atoms with van der Waals surface area (Å²) in [6.45, 7) is 8.00. The fraction of sp³-hybridized carbons (Fsp3) is 0.905. The lowest BCUT2D eigenvalue weighted by molar-refractivity contribution is 0.0637. The van der Waals surface area contributed by atoms with Crippen LogP contribution < -0.4 is 0 Å². The van der Waals surface area contributed by atoms with Crippen LogP contribution in [0, 0.1) is 29.6 Å². The minimum atomic E-state index is 1.03. The average Bonchev–Trinajstić information content (AvgIpc) is 3.07. The summed E-state index contributed by atoms with van der Waals surface area (Å²) in [7, 11) is 0. The van der Waals surface area contributed by atoms with Crippen molar-refractivity contribution in [1.29, 1.82) is 0 Å². The molecule has 0 amide bonds. The second-order valence-electron chi connectivity index (χ2n) is 7.13. The lowest BCUT2D eigenvalue weighted by Crippen LogP contribution is -2.39. The first kappa shape index (κ1) is 17.1. The molecule has 122 valence electrons. The maximum atomic E-state index is 2.69. The lowest BCUT2D eigenvalue weighted by atomic mass is 9.57. The summed E-state index contributed by atoms with van der Waals surface area (Å²) in [6.07, 6.45) is 17.9. The van der Waals surface area contributed by atoms with Gasteiger partial charge in [0.2, 0.25) is 0 Å². The Bertz CT molecular complexity index is 327. The smallest absolute Gasteiger partial charge is 0.0172 e. The largest absolute Gasteiger partial charge is 0.0847 e. The minimum absolute atomic E-state index is 1.03. The first-order chi connectivity index (χ1) is 10.4. The van der Waals surface area contributed by atoms with Crippen LogP contribution in [-0.2, 0) is 0 Å². The van der Waals surface area contributed by atoms with Crippen molar-refractivity contribution in [1.82, 2.24) is 0 Å². The van der Waals surface area contributed by atoms with Gasteiger partial charge in [0.15, 0.2) is 0 Å². The minimum Gasteiger partial charge on any atom is -0.0847 e. The predicted molar refractivity (Wildman–Crippen MR) is 94.4 cm³/mol. The van der Waals surface area contributed by atoms with Gasteiger partial charge in [-0.3, -0.25) is 0 Å². The lowest BCUT2D eigenvalue weighted by Gasteiger charge is -2.48. The molecule has 5 atom stereocenters. The Kier molecular flexibility index (Phi) is 6.83. The Morgan fingerprint density at radius 1 is 0.714 bits per heavy atom. The molecule has 0 N–H and O–H groups in total. The predicted octanol–water partition coefficient (Wildman–Crippen LogP) is 7.00. The van der Waals surface area contributed by atoms with Gasteiger partial charge in [-0.05, 0) is 74.5 Å². The zero-order valence-corrected chi connectivity index (χ0v) is 15.0. The van der Waals surface area contributed by atoms with Crippen molar-refractivity contribution in [2.24, 2.45) is 29.6 Å². The molecule has 0 saturated heterocycles. The molecule has 0 aliphatic heterocycles. The first-order valence-corrected chi connectivity index (χ1v) is 10.1. The van der Waals surface area contributed by atoms with Crippen molar-refractivity contribution in [3.63, 3.8) is 0 Å². The van der Waals surface area contributed by atoms with Crippen molar-refractivity contribution in [2.45, 2.75) is 91.9 Å². The molecule has 0 radical (unpaired) electrons. The van der Waals surface area contributed by atoms with Gasteiger partial charge in [-0.2, -0.15) is 0 Å². The Balaban J connectivity index is 0.000000374. The fourth-order valence-corrected chi connectivity index (χ4v) is 5.87. The van der Waals surface area contributed by atoms with E-state index in [0.29, 0.717) is 0 Å². The second kappa shape index (κ2) is 8.39. The molecule has 0 bridgehead atoms. The van der Waals surface area contributed by atoms with E-state index in [0.717, 1.165) is 29.6 Å². The highest BCUT2D eigenvalue weighted by atomic mass is 14.5. The summed E-state index contributed by atoms with van der Waals surface area (Å²) < 4.78 is 0. The molecule has 0 heterocycles. The van der Waals surface area contributed by atoms with E-state index in [1.165, 1.54) is 32.1 Å². The molecular weight excluding hydrogens is 252 g/mol. The monoisotopic (exact) mass is 290 g/mol. The van der Waals surface area contributed by atoms with Crippen molar-refractivity contribution in [3.8, 4) is 0 Å². The first-order valence-electron chi connectivity index (χ1n) is 10.1. The van der Waals surface area contributed by atoms with E-state index in [1.807, 2.05) is 33.3 Å². The summed E-state index contributed by atoms with van der Waals surface area (Å²) >= 11 is 0. The third kappa shape index (κ3) is 3.40. The topological polar surface area (TPSA) is 0 Å². The molecule has 3 fully saturated rings. The summed E-state index contributed by atoms with van der Waals surface area (Å²) in [5.74, 6) is 5.50. The van der Waals surface area contributed by atoms with Gasteiger partial charge < -0.3 is 0 Å².